The highest BCUT2D eigenvalue weighted by Gasteiger charge is 2.13. The van der Waals surface area contributed by atoms with Gasteiger partial charge in [0.25, 0.3) is 0 Å². The van der Waals surface area contributed by atoms with Crippen LogP contribution in [0.2, 0.25) is 0 Å². The summed E-state index contributed by atoms with van der Waals surface area (Å²) in [5.74, 6) is 0.577. The Bertz CT molecular complexity index is 359. The third kappa shape index (κ3) is 4.47. The first kappa shape index (κ1) is 13.6. The quantitative estimate of drug-likeness (QED) is 0.768. The van der Waals surface area contributed by atoms with Crippen molar-refractivity contribution in [1.82, 2.24) is 5.32 Å². The molecule has 3 nitrogen and oxygen atoms in total. The van der Waals surface area contributed by atoms with Crippen LogP contribution < -0.4 is 11.1 Å². The van der Waals surface area contributed by atoms with Gasteiger partial charge >= 0.3 is 0 Å². The van der Waals surface area contributed by atoms with Gasteiger partial charge in [-0.1, -0.05) is 32.4 Å². The second-order valence-corrected chi connectivity index (χ2v) is 4.66. The van der Waals surface area contributed by atoms with Crippen molar-refractivity contribution < 1.29 is 4.79 Å². The number of rotatable bonds is 5. The van der Waals surface area contributed by atoms with Crippen molar-refractivity contribution >= 4 is 11.6 Å². The molecule has 0 aromatic heterocycles. The van der Waals surface area contributed by atoms with Crippen LogP contribution in [0.5, 0.6) is 0 Å². The summed E-state index contributed by atoms with van der Waals surface area (Å²) in [4.78, 5) is 11.8. The molecule has 0 aliphatic carbocycles. The standard InChI is InChI=1S/C14H22N2O/c1-4-10(2)11(3)16-14(17)9-12-5-7-13(15)8-6-12/h5-8,10-11H,4,9,15H2,1-3H3,(H,16,17). The zero-order valence-corrected chi connectivity index (χ0v) is 10.9. The lowest BCUT2D eigenvalue weighted by atomic mass is 10.0. The van der Waals surface area contributed by atoms with Gasteiger partial charge in [-0.25, -0.2) is 0 Å². The molecule has 2 atom stereocenters. The number of amides is 1. The molecule has 0 fully saturated rings. The van der Waals surface area contributed by atoms with Crippen LogP contribution in [0.3, 0.4) is 0 Å². The van der Waals surface area contributed by atoms with E-state index in [0.29, 0.717) is 12.3 Å². The van der Waals surface area contributed by atoms with Gasteiger partial charge in [-0.2, -0.15) is 0 Å². The lowest BCUT2D eigenvalue weighted by molar-refractivity contribution is -0.121. The van der Waals surface area contributed by atoms with Gasteiger partial charge in [0.2, 0.25) is 5.91 Å². The molecular weight excluding hydrogens is 212 g/mol. The number of hydrogen-bond acceptors (Lipinski definition) is 2. The first-order chi connectivity index (χ1) is 8.02. The maximum Gasteiger partial charge on any atom is 0.224 e. The summed E-state index contributed by atoms with van der Waals surface area (Å²) < 4.78 is 0. The summed E-state index contributed by atoms with van der Waals surface area (Å²) in [7, 11) is 0. The zero-order valence-electron chi connectivity index (χ0n) is 10.9. The van der Waals surface area contributed by atoms with Crippen LogP contribution in [0.25, 0.3) is 0 Å². The fourth-order valence-corrected chi connectivity index (χ4v) is 1.62. The molecule has 1 amide bonds. The summed E-state index contributed by atoms with van der Waals surface area (Å²) in [6, 6.07) is 7.65. The smallest absolute Gasteiger partial charge is 0.224 e. The number of hydrogen-bond donors (Lipinski definition) is 2. The summed E-state index contributed by atoms with van der Waals surface area (Å²) in [6.45, 7) is 6.33. The number of nitrogens with two attached hydrogens (primary N) is 1. The highest BCUT2D eigenvalue weighted by molar-refractivity contribution is 5.78. The third-order valence-electron chi connectivity index (χ3n) is 3.23. The van der Waals surface area contributed by atoms with Crippen molar-refractivity contribution in [1.29, 1.82) is 0 Å². The average Bonchev–Trinajstić information content (AvgIpc) is 2.30. The van der Waals surface area contributed by atoms with E-state index in [1.807, 2.05) is 24.3 Å². The molecule has 3 N–H and O–H groups in total. The first-order valence-electron chi connectivity index (χ1n) is 6.16. The molecule has 2 unspecified atom stereocenters. The molecule has 0 aliphatic rings. The lowest BCUT2D eigenvalue weighted by Gasteiger charge is -2.19. The molecule has 17 heavy (non-hydrogen) atoms. The molecular formula is C14H22N2O. The minimum Gasteiger partial charge on any atom is -0.399 e. The molecule has 0 saturated heterocycles. The number of nitrogens with one attached hydrogen (secondary N) is 1. The van der Waals surface area contributed by atoms with E-state index in [4.69, 9.17) is 5.73 Å². The summed E-state index contributed by atoms with van der Waals surface area (Å²) >= 11 is 0. The van der Waals surface area contributed by atoms with Crippen LogP contribution in [0.4, 0.5) is 5.69 Å². The molecule has 0 aliphatic heterocycles. The van der Waals surface area contributed by atoms with E-state index in [1.165, 1.54) is 0 Å². The van der Waals surface area contributed by atoms with Crippen molar-refractivity contribution in [2.45, 2.75) is 39.7 Å². The number of nitrogen functional groups attached to an aromatic ring is 1. The summed E-state index contributed by atoms with van der Waals surface area (Å²) in [6.07, 6.45) is 1.49. The molecule has 0 bridgehead atoms. The SMILES string of the molecule is CCC(C)C(C)NC(=O)Cc1ccc(N)cc1. The van der Waals surface area contributed by atoms with E-state index < -0.39 is 0 Å². The average molecular weight is 234 g/mol. The minimum absolute atomic E-state index is 0.0718. The highest BCUT2D eigenvalue weighted by atomic mass is 16.1. The minimum atomic E-state index is 0.0718. The Morgan fingerprint density at radius 2 is 1.88 bits per heavy atom. The number of carbonyl (C=O) groups excluding carboxylic acids is 1. The Morgan fingerprint density at radius 1 is 1.29 bits per heavy atom. The van der Waals surface area contributed by atoms with E-state index in [9.17, 15) is 4.79 Å². The second kappa shape index (κ2) is 6.28. The molecule has 0 saturated carbocycles. The Morgan fingerprint density at radius 3 is 2.41 bits per heavy atom. The van der Waals surface area contributed by atoms with Crippen molar-refractivity contribution in [3.8, 4) is 0 Å². The van der Waals surface area contributed by atoms with Crippen molar-refractivity contribution in [2.75, 3.05) is 5.73 Å². The molecule has 1 aromatic rings. The van der Waals surface area contributed by atoms with E-state index in [0.717, 1.165) is 17.7 Å². The van der Waals surface area contributed by atoms with E-state index in [-0.39, 0.29) is 11.9 Å². The fraction of sp³-hybridized carbons (Fsp3) is 0.500. The largest absolute Gasteiger partial charge is 0.399 e. The summed E-state index contributed by atoms with van der Waals surface area (Å²) in [5.41, 5.74) is 7.31. The Kier molecular flexibility index (Phi) is 5.01. The van der Waals surface area contributed by atoms with Crippen molar-refractivity contribution in [2.24, 2.45) is 5.92 Å². The van der Waals surface area contributed by atoms with Crippen LogP contribution in [-0.2, 0) is 11.2 Å². The van der Waals surface area contributed by atoms with Crippen LogP contribution >= 0.6 is 0 Å². The maximum atomic E-state index is 11.8. The van der Waals surface area contributed by atoms with E-state index in [1.54, 1.807) is 0 Å². The number of anilines is 1. The van der Waals surface area contributed by atoms with Crippen LogP contribution in [-0.4, -0.2) is 11.9 Å². The predicted molar refractivity (Wildman–Crippen MR) is 71.6 cm³/mol. The number of carbonyl (C=O) groups is 1. The molecule has 1 aromatic carbocycles. The second-order valence-electron chi connectivity index (χ2n) is 4.66. The van der Waals surface area contributed by atoms with Gasteiger partial charge in [0.05, 0.1) is 6.42 Å². The van der Waals surface area contributed by atoms with Gasteiger partial charge in [0.15, 0.2) is 0 Å². The molecule has 94 valence electrons. The zero-order chi connectivity index (χ0) is 12.8. The fourth-order valence-electron chi connectivity index (χ4n) is 1.62. The van der Waals surface area contributed by atoms with Crippen LogP contribution in [0.1, 0.15) is 32.8 Å². The van der Waals surface area contributed by atoms with Gasteiger partial charge in [-0.15, -0.1) is 0 Å². The van der Waals surface area contributed by atoms with Gasteiger partial charge < -0.3 is 11.1 Å². The highest BCUT2D eigenvalue weighted by Crippen LogP contribution is 2.08. The maximum absolute atomic E-state index is 11.8. The first-order valence-corrected chi connectivity index (χ1v) is 6.16. The van der Waals surface area contributed by atoms with Crippen LogP contribution in [0, 0.1) is 5.92 Å². The molecule has 0 spiro atoms. The van der Waals surface area contributed by atoms with Gasteiger partial charge in [-0.3, -0.25) is 4.79 Å². The van der Waals surface area contributed by atoms with E-state index in [2.05, 4.69) is 26.1 Å². The van der Waals surface area contributed by atoms with E-state index >= 15 is 0 Å². The third-order valence-corrected chi connectivity index (χ3v) is 3.23. The Labute approximate surface area is 103 Å². The Hall–Kier alpha value is -1.51. The molecule has 3 heteroatoms. The Balaban J connectivity index is 2.47. The van der Waals surface area contributed by atoms with Crippen LogP contribution in [0.15, 0.2) is 24.3 Å². The van der Waals surface area contributed by atoms with Crippen molar-refractivity contribution in [3.63, 3.8) is 0 Å². The summed E-state index contributed by atoms with van der Waals surface area (Å²) in [5, 5.41) is 3.02. The van der Waals surface area contributed by atoms with Gasteiger partial charge in [-0.05, 0) is 30.5 Å². The van der Waals surface area contributed by atoms with Crippen molar-refractivity contribution in [3.05, 3.63) is 29.8 Å². The topological polar surface area (TPSA) is 55.1 Å². The normalized spacial score (nSPS) is 14.1. The molecule has 0 radical (unpaired) electrons. The molecule has 1 rings (SSSR count). The lowest BCUT2D eigenvalue weighted by Crippen LogP contribution is -2.37. The number of benzene rings is 1. The molecule has 0 heterocycles. The monoisotopic (exact) mass is 234 g/mol. The predicted octanol–water partition coefficient (Wildman–Crippen LogP) is 2.36. The van der Waals surface area contributed by atoms with Gasteiger partial charge in [0, 0.05) is 11.7 Å². The van der Waals surface area contributed by atoms with Gasteiger partial charge in [0.1, 0.15) is 0 Å².